The summed E-state index contributed by atoms with van der Waals surface area (Å²) in [6.45, 7) is 3.84. The number of aryl methyl sites for hydroxylation is 1. The first-order valence-electron chi connectivity index (χ1n) is 7.97. The number of hydrogen-bond acceptors (Lipinski definition) is 4. The van der Waals surface area contributed by atoms with Crippen molar-refractivity contribution in [2.24, 2.45) is 0 Å². The molecule has 2 heterocycles. The molecule has 116 valence electrons. The minimum Gasteiger partial charge on any atom is -0.388 e. The fourth-order valence-electron chi connectivity index (χ4n) is 3.15. The number of benzene rings is 1. The van der Waals surface area contributed by atoms with Crippen LogP contribution in [0.15, 0.2) is 42.7 Å². The number of rotatable bonds is 5. The molecule has 4 nitrogen and oxygen atoms in total. The second-order valence-corrected chi connectivity index (χ2v) is 6.08. The molecule has 0 amide bonds. The van der Waals surface area contributed by atoms with Crippen molar-refractivity contribution in [3.63, 3.8) is 0 Å². The van der Waals surface area contributed by atoms with E-state index >= 15 is 0 Å². The Hall–Kier alpha value is -1.78. The predicted molar refractivity (Wildman–Crippen MR) is 86.2 cm³/mol. The van der Waals surface area contributed by atoms with Crippen molar-refractivity contribution in [1.82, 2.24) is 14.9 Å². The molecule has 2 aromatic rings. The van der Waals surface area contributed by atoms with Crippen molar-refractivity contribution in [3.05, 3.63) is 59.7 Å². The molecule has 0 aliphatic carbocycles. The summed E-state index contributed by atoms with van der Waals surface area (Å²) in [5.41, 5.74) is 2.96. The van der Waals surface area contributed by atoms with Crippen LogP contribution in [0.3, 0.4) is 0 Å². The number of aliphatic hydroxyl groups excluding tert-OH is 1. The van der Waals surface area contributed by atoms with Crippen molar-refractivity contribution >= 4 is 0 Å². The third-order valence-electron chi connectivity index (χ3n) is 4.38. The van der Waals surface area contributed by atoms with Crippen LogP contribution in [-0.2, 0) is 6.54 Å². The predicted octanol–water partition coefficient (Wildman–Crippen LogP) is 2.87. The van der Waals surface area contributed by atoms with E-state index in [0.717, 1.165) is 42.9 Å². The first-order chi connectivity index (χ1) is 10.7. The number of aromatic nitrogens is 2. The van der Waals surface area contributed by atoms with E-state index in [0.29, 0.717) is 6.04 Å². The second-order valence-electron chi connectivity index (χ2n) is 6.08. The number of likely N-dealkylation sites (tertiary alicyclic amines) is 1. The second kappa shape index (κ2) is 6.99. The Labute approximate surface area is 131 Å². The van der Waals surface area contributed by atoms with Gasteiger partial charge in [-0.25, -0.2) is 0 Å². The zero-order valence-electron chi connectivity index (χ0n) is 13.0. The Bertz CT molecular complexity index is 585. The Morgan fingerprint density at radius 1 is 1.23 bits per heavy atom. The first kappa shape index (κ1) is 15.1. The van der Waals surface area contributed by atoms with Crippen molar-refractivity contribution in [2.75, 3.05) is 6.54 Å². The van der Waals surface area contributed by atoms with E-state index in [-0.39, 0.29) is 0 Å². The fourth-order valence-corrected chi connectivity index (χ4v) is 3.15. The van der Waals surface area contributed by atoms with Gasteiger partial charge in [0.1, 0.15) is 0 Å². The molecule has 1 aromatic heterocycles. The van der Waals surface area contributed by atoms with Crippen LogP contribution in [0.1, 0.15) is 42.3 Å². The zero-order valence-corrected chi connectivity index (χ0v) is 13.0. The van der Waals surface area contributed by atoms with Crippen molar-refractivity contribution in [1.29, 1.82) is 0 Å². The Morgan fingerprint density at radius 3 is 2.77 bits per heavy atom. The van der Waals surface area contributed by atoms with Crippen molar-refractivity contribution in [2.45, 2.75) is 44.9 Å². The van der Waals surface area contributed by atoms with Crippen molar-refractivity contribution in [3.8, 4) is 0 Å². The molecule has 0 bridgehead atoms. The SMILES string of the molecule is Cc1cnc(CN2CCC[C@@H]2C[C@@H](O)c2ccccc2)cn1. The molecule has 4 heteroatoms. The highest BCUT2D eigenvalue weighted by Gasteiger charge is 2.27. The number of hydrogen-bond donors (Lipinski definition) is 1. The zero-order chi connectivity index (χ0) is 15.4. The molecule has 0 radical (unpaired) electrons. The van der Waals surface area contributed by atoms with Crippen LogP contribution in [-0.4, -0.2) is 32.6 Å². The quantitative estimate of drug-likeness (QED) is 0.922. The molecule has 0 unspecified atom stereocenters. The van der Waals surface area contributed by atoms with Gasteiger partial charge in [0.25, 0.3) is 0 Å². The molecule has 2 atom stereocenters. The number of aliphatic hydroxyl groups is 1. The van der Waals surface area contributed by atoms with E-state index in [1.165, 1.54) is 6.42 Å². The smallest absolute Gasteiger partial charge is 0.0805 e. The van der Waals surface area contributed by atoms with Gasteiger partial charge in [0.2, 0.25) is 0 Å². The van der Waals surface area contributed by atoms with Crippen LogP contribution in [0.5, 0.6) is 0 Å². The lowest BCUT2D eigenvalue weighted by molar-refractivity contribution is 0.117. The van der Waals surface area contributed by atoms with E-state index < -0.39 is 6.10 Å². The highest BCUT2D eigenvalue weighted by molar-refractivity contribution is 5.17. The summed E-state index contributed by atoms with van der Waals surface area (Å²) in [5, 5.41) is 10.4. The van der Waals surface area contributed by atoms with E-state index in [9.17, 15) is 5.11 Å². The minimum atomic E-state index is -0.393. The summed E-state index contributed by atoms with van der Waals surface area (Å²) in [4.78, 5) is 11.2. The average Bonchev–Trinajstić information content (AvgIpc) is 2.97. The fraction of sp³-hybridized carbons (Fsp3) is 0.444. The molecule has 1 aliphatic heterocycles. The van der Waals surface area contributed by atoms with Gasteiger partial charge in [-0.05, 0) is 38.3 Å². The van der Waals surface area contributed by atoms with Crippen LogP contribution in [0.2, 0.25) is 0 Å². The van der Waals surface area contributed by atoms with Gasteiger partial charge in [0.05, 0.1) is 17.5 Å². The van der Waals surface area contributed by atoms with Gasteiger partial charge < -0.3 is 5.11 Å². The summed E-state index contributed by atoms with van der Waals surface area (Å²) in [6.07, 6.45) is 6.39. The minimum absolute atomic E-state index is 0.393. The van der Waals surface area contributed by atoms with Crippen LogP contribution >= 0.6 is 0 Å². The molecule has 1 N–H and O–H groups in total. The van der Waals surface area contributed by atoms with Gasteiger partial charge in [0, 0.05) is 25.0 Å². The molecule has 0 saturated carbocycles. The molecule has 1 aliphatic rings. The maximum atomic E-state index is 10.4. The molecule has 0 spiro atoms. The Morgan fingerprint density at radius 2 is 2.05 bits per heavy atom. The lowest BCUT2D eigenvalue weighted by Crippen LogP contribution is -2.30. The summed E-state index contributed by atoms with van der Waals surface area (Å²) in [7, 11) is 0. The van der Waals surface area contributed by atoms with E-state index in [1.54, 1.807) is 0 Å². The topological polar surface area (TPSA) is 49.2 Å². The van der Waals surface area contributed by atoms with Gasteiger partial charge in [-0.15, -0.1) is 0 Å². The van der Waals surface area contributed by atoms with Gasteiger partial charge in [0.15, 0.2) is 0 Å². The van der Waals surface area contributed by atoms with Gasteiger partial charge in [-0.1, -0.05) is 30.3 Å². The normalized spacial score (nSPS) is 20.2. The molecule has 1 saturated heterocycles. The molecule has 22 heavy (non-hydrogen) atoms. The van der Waals surface area contributed by atoms with Gasteiger partial charge >= 0.3 is 0 Å². The van der Waals surface area contributed by atoms with Crippen molar-refractivity contribution < 1.29 is 5.11 Å². The highest BCUT2D eigenvalue weighted by Crippen LogP contribution is 2.28. The molecule has 1 fully saturated rings. The largest absolute Gasteiger partial charge is 0.388 e. The first-order valence-corrected chi connectivity index (χ1v) is 7.97. The van der Waals surface area contributed by atoms with Crippen LogP contribution in [0.25, 0.3) is 0 Å². The molecular weight excluding hydrogens is 274 g/mol. The monoisotopic (exact) mass is 297 g/mol. The maximum absolute atomic E-state index is 10.4. The lowest BCUT2D eigenvalue weighted by Gasteiger charge is -2.26. The lowest BCUT2D eigenvalue weighted by atomic mass is 10.0. The third-order valence-corrected chi connectivity index (χ3v) is 4.38. The van der Waals surface area contributed by atoms with Crippen LogP contribution in [0, 0.1) is 6.92 Å². The summed E-state index contributed by atoms with van der Waals surface area (Å²) >= 11 is 0. The van der Waals surface area contributed by atoms with E-state index in [4.69, 9.17) is 0 Å². The van der Waals surface area contributed by atoms with Gasteiger partial charge in [-0.2, -0.15) is 0 Å². The van der Waals surface area contributed by atoms with Crippen LogP contribution in [0.4, 0.5) is 0 Å². The van der Waals surface area contributed by atoms with E-state index in [1.807, 2.05) is 49.6 Å². The van der Waals surface area contributed by atoms with Gasteiger partial charge in [-0.3, -0.25) is 14.9 Å². The Balaban J connectivity index is 1.62. The van der Waals surface area contributed by atoms with Crippen LogP contribution < -0.4 is 0 Å². The maximum Gasteiger partial charge on any atom is 0.0805 e. The number of nitrogens with zero attached hydrogens (tertiary/aromatic N) is 3. The van der Waals surface area contributed by atoms with E-state index in [2.05, 4.69) is 14.9 Å². The third kappa shape index (κ3) is 3.70. The summed E-state index contributed by atoms with van der Waals surface area (Å²) < 4.78 is 0. The highest BCUT2D eigenvalue weighted by atomic mass is 16.3. The average molecular weight is 297 g/mol. The standard InChI is InChI=1S/C18H23N3O/c1-14-11-20-16(12-19-14)13-21-9-5-8-17(21)10-18(22)15-6-3-2-4-7-15/h2-4,6-7,11-12,17-18,22H,5,8-10,13H2,1H3/t17-,18-/m1/s1. The Kier molecular flexibility index (Phi) is 4.80. The summed E-state index contributed by atoms with van der Waals surface area (Å²) in [6, 6.07) is 10.3. The molecular formula is C18H23N3O. The molecule has 3 rings (SSSR count). The molecule has 1 aromatic carbocycles. The summed E-state index contributed by atoms with van der Waals surface area (Å²) in [5.74, 6) is 0.